The van der Waals surface area contributed by atoms with E-state index in [1.165, 1.54) is 19.2 Å². The average Bonchev–Trinajstić information content (AvgIpc) is 2.39. The predicted molar refractivity (Wildman–Crippen MR) is 73.3 cm³/mol. The molecular formula is C14H12F3NOS. The van der Waals surface area contributed by atoms with Crippen LogP contribution in [0.25, 0.3) is 0 Å². The number of benzene rings is 2. The van der Waals surface area contributed by atoms with Crippen molar-refractivity contribution in [2.24, 2.45) is 0 Å². The number of methoxy groups -OCH3 is 1. The maximum atomic E-state index is 13.7. The molecule has 0 fully saturated rings. The topological polar surface area (TPSA) is 35.2 Å². The summed E-state index contributed by atoms with van der Waals surface area (Å²) in [5, 5.41) is 0. The predicted octanol–water partition coefficient (Wildman–Crippen LogP) is 3.99. The van der Waals surface area contributed by atoms with Gasteiger partial charge in [0.05, 0.1) is 12.0 Å². The quantitative estimate of drug-likeness (QED) is 0.685. The molecule has 0 heterocycles. The fourth-order valence-electron chi connectivity index (χ4n) is 1.64. The van der Waals surface area contributed by atoms with E-state index in [1.54, 1.807) is 6.07 Å². The Morgan fingerprint density at radius 1 is 1.05 bits per heavy atom. The van der Waals surface area contributed by atoms with Crippen LogP contribution in [-0.2, 0) is 5.75 Å². The highest BCUT2D eigenvalue weighted by molar-refractivity contribution is 7.98. The molecule has 6 heteroatoms. The second-order valence-corrected chi connectivity index (χ2v) is 5.05. The van der Waals surface area contributed by atoms with Crippen LogP contribution in [0.5, 0.6) is 5.75 Å². The van der Waals surface area contributed by atoms with E-state index < -0.39 is 17.5 Å². The van der Waals surface area contributed by atoms with Gasteiger partial charge in [-0.15, -0.1) is 11.8 Å². The summed E-state index contributed by atoms with van der Waals surface area (Å²) in [4.78, 5) is -0.172. The lowest BCUT2D eigenvalue weighted by atomic mass is 10.2. The molecule has 0 spiro atoms. The van der Waals surface area contributed by atoms with Gasteiger partial charge < -0.3 is 10.5 Å². The molecule has 0 aromatic heterocycles. The molecule has 0 aliphatic carbocycles. The van der Waals surface area contributed by atoms with Crippen LogP contribution in [0.2, 0.25) is 0 Å². The van der Waals surface area contributed by atoms with Crippen molar-refractivity contribution in [1.82, 2.24) is 0 Å². The first kappa shape index (κ1) is 14.6. The van der Waals surface area contributed by atoms with Gasteiger partial charge in [0.1, 0.15) is 23.2 Å². The third-order valence-electron chi connectivity index (χ3n) is 2.65. The Labute approximate surface area is 118 Å². The number of rotatable bonds is 4. The molecule has 0 saturated carbocycles. The first-order valence-corrected chi connectivity index (χ1v) is 6.69. The van der Waals surface area contributed by atoms with Gasteiger partial charge >= 0.3 is 0 Å². The standard InChI is InChI=1S/C14H12F3NOS/c1-19-10-3-2-8(11(15)6-10)7-20-14-12(16)4-9(18)5-13(14)17/h2-6H,7,18H2,1H3. The summed E-state index contributed by atoms with van der Waals surface area (Å²) in [6, 6.07) is 6.42. The van der Waals surface area contributed by atoms with Gasteiger partial charge in [-0.1, -0.05) is 6.07 Å². The summed E-state index contributed by atoms with van der Waals surface area (Å²) in [7, 11) is 1.43. The molecule has 0 atom stereocenters. The summed E-state index contributed by atoms with van der Waals surface area (Å²) < 4.78 is 45.7. The van der Waals surface area contributed by atoms with Crippen molar-refractivity contribution in [2.45, 2.75) is 10.6 Å². The molecule has 0 radical (unpaired) electrons. The van der Waals surface area contributed by atoms with Crippen LogP contribution < -0.4 is 10.5 Å². The highest BCUT2D eigenvalue weighted by atomic mass is 32.2. The van der Waals surface area contributed by atoms with Crippen LogP contribution in [0.1, 0.15) is 5.56 Å². The SMILES string of the molecule is COc1ccc(CSc2c(F)cc(N)cc2F)c(F)c1. The second kappa shape index (κ2) is 6.09. The number of thioether (sulfide) groups is 1. The zero-order valence-corrected chi connectivity index (χ0v) is 11.4. The Balaban J connectivity index is 2.17. The van der Waals surface area contributed by atoms with Crippen LogP contribution in [0.4, 0.5) is 18.9 Å². The Bertz CT molecular complexity index is 611. The maximum Gasteiger partial charge on any atom is 0.141 e. The Morgan fingerprint density at radius 2 is 1.70 bits per heavy atom. The van der Waals surface area contributed by atoms with Crippen molar-refractivity contribution in [2.75, 3.05) is 12.8 Å². The number of hydrogen-bond acceptors (Lipinski definition) is 3. The van der Waals surface area contributed by atoms with E-state index >= 15 is 0 Å². The smallest absolute Gasteiger partial charge is 0.141 e. The number of ether oxygens (including phenoxy) is 1. The van der Waals surface area contributed by atoms with Gasteiger partial charge in [-0.3, -0.25) is 0 Å². The van der Waals surface area contributed by atoms with Gasteiger partial charge in [-0.2, -0.15) is 0 Å². The van der Waals surface area contributed by atoms with Gasteiger partial charge in [0.15, 0.2) is 0 Å². The highest BCUT2D eigenvalue weighted by Crippen LogP contribution is 2.31. The van der Waals surface area contributed by atoms with Gasteiger partial charge in [-0.25, -0.2) is 13.2 Å². The summed E-state index contributed by atoms with van der Waals surface area (Å²) >= 11 is 0.877. The zero-order valence-electron chi connectivity index (χ0n) is 10.6. The zero-order chi connectivity index (χ0) is 14.7. The largest absolute Gasteiger partial charge is 0.497 e. The molecule has 106 valence electrons. The minimum atomic E-state index is -0.749. The van der Waals surface area contributed by atoms with E-state index in [0.29, 0.717) is 11.3 Å². The average molecular weight is 299 g/mol. The van der Waals surface area contributed by atoms with Crippen molar-refractivity contribution in [3.05, 3.63) is 53.3 Å². The molecule has 0 unspecified atom stereocenters. The first-order valence-electron chi connectivity index (χ1n) is 5.71. The number of hydrogen-bond donors (Lipinski definition) is 1. The Kier molecular flexibility index (Phi) is 4.44. The van der Waals surface area contributed by atoms with E-state index in [0.717, 1.165) is 23.9 Å². The van der Waals surface area contributed by atoms with Crippen LogP contribution in [0.15, 0.2) is 35.2 Å². The van der Waals surface area contributed by atoms with Crippen molar-refractivity contribution in [3.63, 3.8) is 0 Å². The van der Waals surface area contributed by atoms with E-state index in [9.17, 15) is 13.2 Å². The molecule has 2 N–H and O–H groups in total. The molecule has 2 aromatic carbocycles. The van der Waals surface area contributed by atoms with E-state index in [1.807, 2.05) is 0 Å². The summed E-state index contributed by atoms with van der Waals surface area (Å²) in [5.41, 5.74) is 5.68. The first-order chi connectivity index (χ1) is 9.51. The second-order valence-electron chi connectivity index (χ2n) is 4.06. The minimum absolute atomic E-state index is 0.0139. The van der Waals surface area contributed by atoms with Gasteiger partial charge in [0.2, 0.25) is 0 Å². The van der Waals surface area contributed by atoms with Gasteiger partial charge in [0.25, 0.3) is 0 Å². The van der Waals surface area contributed by atoms with Crippen LogP contribution in [-0.4, -0.2) is 7.11 Å². The van der Waals surface area contributed by atoms with Crippen LogP contribution >= 0.6 is 11.8 Å². The van der Waals surface area contributed by atoms with Gasteiger partial charge in [-0.05, 0) is 23.8 Å². The van der Waals surface area contributed by atoms with Crippen molar-refractivity contribution in [1.29, 1.82) is 0 Å². The summed E-state index contributed by atoms with van der Waals surface area (Å²) in [5.74, 6) is -1.48. The lowest BCUT2D eigenvalue weighted by Crippen LogP contribution is -1.95. The van der Waals surface area contributed by atoms with Crippen molar-refractivity contribution < 1.29 is 17.9 Å². The molecule has 2 rings (SSSR count). The normalized spacial score (nSPS) is 10.6. The molecule has 20 heavy (non-hydrogen) atoms. The monoisotopic (exact) mass is 299 g/mol. The summed E-state index contributed by atoms with van der Waals surface area (Å²) in [6.07, 6.45) is 0. The fraction of sp³-hybridized carbons (Fsp3) is 0.143. The number of nitrogen functional groups attached to an aromatic ring is 1. The third-order valence-corrected chi connectivity index (χ3v) is 3.79. The summed E-state index contributed by atoms with van der Waals surface area (Å²) in [6.45, 7) is 0. The molecule has 2 nitrogen and oxygen atoms in total. The Hall–Kier alpha value is -1.82. The molecule has 0 saturated heterocycles. The van der Waals surface area contributed by atoms with Crippen LogP contribution in [0.3, 0.4) is 0 Å². The minimum Gasteiger partial charge on any atom is -0.497 e. The van der Waals surface area contributed by atoms with Gasteiger partial charge in [0, 0.05) is 17.5 Å². The van der Waals surface area contributed by atoms with E-state index in [4.69, 9.17) is 10.5 Å². The molecule has 0 aliphatic rings. The van der Waals surface area contributed by atoms with Crippen molar-refractivity contribution in [3.8, 4) is 5.75 Å². The molecule has 2 aromatic rings. The lowest BCUT2D eigenvalue weighted by Gasteiger charge is -2.08. The third kappa shape index (κ3) is 3.19. The number of halogens is 3. The van der Waals surface area contributed by atoms with E-state index in [2.05, 4.69) is 0 Å². The Morgan fingerprint density at radius 3 is 2.25 bits per heavy atom. The molecule has 0 aliphatic heterocycles. The molecule has 0 bridgehead atoms. The number of nitrogens with two attached hydrogens (primary N) is 1. The lowest BCUT2D eigenvalue weighted by molar-refractivity contribution is 0.411. The fourth-order valence-corrected chi connectivity index (χ4v) is 2.57. The van der Waals surface area contributed by atoms with Crippen LogP contribution in [0, 0.1) is 17.5 Å². The molecule has 0 amide bonds. The molecular weight excluding hydrogens is 287 g/mol. The van der Waals surface area contributed by atoms with E-state index in [-0.39, 0.29) is 16.3 Å². The highest BCUT2D eigenvalue weighted by Gasteiger charge is 2.12. The van der Waals surface area contributed by atoms with Crippen molar-refractivity contribution >= 4 is 17.4 Å². The number of anilines is 1. The maximum absolute atomic E-state index is 13.7.